The van der Waals surface area contributed by atoms with Crippen LogP contribution in [-0.2, 0) is 9.59 Å². The van der Waals surface area contributed by atoms with Crippen molar-refractivity contribution in [3.05, 3.63) is 75.0 Å². The van der Waals surface area contributed by atoms with Gasteiger partial charge in [-0.2, -0.15) is 0 Å². The molecule has 6 nitrogen and oxygen atoms in total. The van der Waals surface area contributed by atoms with Crippen molar-refractivity contribution in [2.75, 3.05) is 12.4 Å². The molecule has 1 aliphatic heterocycles. The van der Waals surface area contributed by atoms with Crippen LogP contribution >= 0.6 is 27.3 Å². The van der Waals surface area contributed by atoms with E-state index in [0.717, 1.165) is 43.8 Å². The zero-order valence-electron chi connectivity index (χ0n) is 20.0. The van der Waals surface area contributed by atoms with Crippen LogP contribution in [0.5, 0.6) is 5.75 Å². The summed E-state index contributed by atoms with van der Waals surface area (Å²) in [6, 6.07) is 13.4. The smallest absolute Gasteiger partial charge is 0.256 e. The molecule has 1 aromatic heterocycles. The second kappa shape index (κ2) is 8.91. The van der Waals surface area contributed by atoms with Crippen molar-refractivity contribution in [1.82, 2.24) is 10.3 Å². The lowest BCUT2D eigenvalue weighted by molar-refractivity contribution is -0.118. The molecule has 0 bridgehead atoms. The number of nitrogens with zero attached hydrogens (tertiary/aromatic N) is 1. The highest BCUT2D eigenvalue weighted by Crippen LogP contribution is 2.47. The Bertz CT molecular complexity index is 1420. The summed E-state index contributed by atoms with van der Waals surface area (Å²) in [5.41, 5.74) is 4.43. The van der Waals surface area contributed by atoms with Gasteiger partial charge in [-0.15, -0.1) is 0 Å². The summed E-state index contributed by atoms with van der Waals surface area (Å²) in [5.74, 6) is 0.0648. The summed E-state index contributed by atoms with van der Waals surface area (Å²) in [6.07, 6.45) is 1.20. The van der Waals surface area contributed by atoms with Crippen LogP contribution < -0.4 is 15.4 Å². The standard InChI is InChI=1S/C27H26BrN3O3S/c1-14-22(25(33)31-26-30-18-10-7-16(28)11-21(18)35-26)23(15-5-8-17(34-4)9-6-15)24-19(29-14)12-27(2,3)13-20(24)32/h5-11,23,29H,12-13H2,1-4H3,(H,30,31,33)/t23-/m1/s1. The van der Waals surface area contributed by atoms with Crippen LogP contribution in [0.3, 0.4) is 0 Å². The van der Waals surface area contributed by atoms with Crippen molar-refractivity contribution in [2.24, 2.45) is 5.41 Å². The fourth-order valence-corrected chi connectivity index (χ4v) is 6.40. The SMILES string of the molecule is COc1ccc([C@@H]2C(C(=O)Nc3nc4ccc(Br)cc4s3)=C(C)NC3=C2C(=O)CC(C)(C)C3)cc1. The summed E-state index contributed by atoms with van der Waals surface area (Å²) in [5, 5.41) is 6.92. The minimum absolute atomic E-state index is 0.0761. The van der Waals surface area contributed by atoms with Gasteiger partial charge in [0.25, 0.3) is 5.91 Å². The van der Waals surface area contributed by atoms with Gasteiger partial charge in [0.15, 0.2) is 10.9 Å². The minimum atomic E-state index is -0.468. The number of rotatable bonds is 4. The molecule has 2 aliphatic rings. The number of carbonyl (C=O) groups is 2. The number of hydrogen-bond acceptors (Lipinski definition) is 6. The van der Waals surface area contributed by atoms with Gasteiger partial charge in [-0.25, -0.2) is 4.98 Å². The lowest BCUT2D eigenvalue weighted by atomic mass is 9.68. The van der Waals surface area contributed by atoms with Crippen LogP contribution in [0.2, 0.25) is 0 Å². The number of dihydropyridines is 1. The molecule has 1 amide bonds. The number of amides is 1. The number of halogens is 1. The average Bonchev–Trinajstić information content (AvgIpc) is 3.18. The fraction of sp³-hybridized carbons (Fsp3) is 0.296. The second-order valence-electron chi connectivity index (χ2n) is 9.79. The van der Waals surface area contributed by atoms with Crippen molar-refractivity contribution >= 4 is 54.3 Å². The number of ether oxygens (including phenoxy) is 1. The molecule has 1 aliphatic carbocycles. The number of allylic oxidation sites excluding steroid dienone is 3. The van der Waals surface area contributed by atoms with Crippen LogP contribution in [0.4, 0.5) is 5.13 Å². The van der Waals surface area contributed by atoms with Gasteiger partial charge in [-0.1, -0.05) is 53.2 Å². The van der Waals surface area contributed by atoms with Gasteiger partial charge in [0.1, 0.15) is 5.75 Å². The molecule has 35 heavy (non-hydrogen) atoms. The highest BCUT2D eigenvalue weighted by Gasteiger charge is 2.42. The molecule has 3 aromatic rings. The first-order chi connectivity index (χ1) is 16.6. The lowest BCUT2D eigenvalue weighted by Crippen LogP contribution is -2.39. The number of fused-ring (bicyclic) bond motifs is 1. The first-order valence-electron chi connectivity index (χ1n) is 11.4. The van der Waals surface area contributed by atoms with E-state index in [2.05, 4.69) is 45.4 Å². The zero-order valence-corrected chi connectivity index (χ0v) is 22.4. The van der Waals surface area contributed by atoms with Crippen molar-refractivity contribution in [2.45, 2.75) is 39.5 Å². The minimum Gasteiger partial charge on any atom is -0.497 e. The van der Waals surface area contributed by atoms with Gasteiger partial charge in [0.05, 0.1) is 17.3 Å². The molecule has 1 atom stereocenters. The number of ketones is 1. The van der Waals surface area contributed by atoms with Crippen LogP contribution in [-0.4, -0.2) is 23.8 Å². The first kappa shape index (κ1) is 23.8. The predicted molar refractivity (Wildman–Crippen MR) is 143 cm³/mol. The largest absolute Gasteiger partial charge is 0.497 e. The molecule has 5 rings (SSSR count). The number of aromatic nitrogens is 1. The van der Waals surface area contributed by atoms with E-state index in [9.17, 15) is 9.59 Å². The van der Waals surface area contributed by atoms with Gasteiger partial charge < -0.3 is 10.1 Å². The molecule has 0 unspecified atom stereocenters. The monoisotopic (exact) mass is 551 g/mol. The maximum atomic E-state index is 13.7. The van der Waals surface area contributed by atoms with E-state index >= 15 is 0 Å². The Kier molecular flexibility index (Phi) is 6.05. The number of anilines is 1. The Balaban J connectivity index is 1.56. The van der Waals surface area contributed by atoms with E-state index in [1.807, 2.05) is 49.4 Å². The van der Waals surface area contributed by atoms with Crippen LogP contribution in [0.25, 0.3) is 10.2 Å². The van der Waals surface area contributed by atoms with Crippen LogP contribution in [0.15, 0.2) is 69.5 Å². The van der Waals surface area contributed by atoms with Crippen molar-refractivity contribution in [3.8, 4) is 5.75 Å². The number of nitrogens with one attached hydrogen (secondary N) is 2. The van der Waals surface area contributed by atoms with Crippen molar-refractivity contribution < 1.29 is 14.3 Å². The van der Waals surface area contributed by atoms with Crippen LogP contribution in [0.1, 0.15) is 45.1 Å². The molecule has 0 saturated carbocycles. The number of hydrogen-bond donors (Lipinski definition) is 2. The molecule has 2 aromatic carbocycles. The number of methoxy groups -OCH3 is 1. The van der Waals surface area contributed by atoms with Crippen molar-refractivity contribution in [3.63, 3.8) is 0 Å². The van der Waals surface area contributed by atoms with Crippen molar-refractivity contribution in [1.29, 1.82) is 0 Å². The maximum absolute atomic E-state index is 13.7. The third kappa shape index (κ3) is 4.52. The Morgan fingerprint density at radius 3 is 2.66 bits per heavy atom. The fourth-order valence-electron chi connectivity index (χ4n) is 4.98. The van der Waals surface area contributed by atoms with E-state index in [4.69, 9.17) is 4.74 Å². The maximum Gasteiger partial charge on any atom is 0.256 e. The third-order valence-electron chi connectivity index (χ3n) is 6.50. The van der Waals surface area contributed by atoms with Gasteiger partial charge >= 0.3 is 0 Å². The second-order valence-corrected chi connectivity index (χ2v) is 11.7. The Hall–Kier alpha value is -2.97. The van der Waals surface area contributed by atoms with Gasteiger partial charge in [-0.05, 0) is 54.7 Å². The summed E-state index contributed by atoms with van der Waals surface area (Å²) < 4.78 is 7.26. The molecular weight excluding hydrogens is 526 g/mol. The predicted octanol–water partition coefficient (Wildman–Crippen LogP) is 6.31. The van der Waals surface area contributed by atoms with E-state index in [1.54, 1.807) is 7.11 Å². The first-order valence-corrected chi connectivity index (χ1v) is 13.0. The third-order valence-corrected chi connectivity index (χ3v) is 7.93. The van der Waals surface area contributed by atoms with Gasteiger partial charge in [0, 0.05) is 39.4 Å². The van der Waals surface area contributed by atoms with E-state index in [0.29, 0.717) is 22.7 Å². The normalized spacial score (nSPS) is 19.5. The number of thiazole rings is 1. The van der Waals surface area contributed by atoms with Crippen LogP contribution in [0, 0.1) is 5.41 Å². The molecule has 0 fully saturated rings. The molecule has 0 radical (unpaired) electrons. The molecule has 8 heteroatoms. The van der Waals surface area contributed by atoms with E-state index < -0.39 is 5.92 Å². The van der Waals surface area contributed by atoms with E-state index in [1.165, 1.54) is 11.3 Å². The summed E-state index contributed by atoms with van der Waals surface area (Å²) in [7, 11) is 1.62. The Morgan fingerprint density at radius 1 is 1.20 bits per heavy atom. The molecule has 180 valence electrons. The lowest BCUT2D eigenvalue weighted by Gasteiger charge is -2.39. The van der Waals surface area contributed by atoms with Gasteiger partial charge in [-0.3, -0.25) is 14.9 Å². The topological polar surface area (TPSA) is 80.3 Å². The molecule has 2 heterocycles. The Labute approximate surface area is 216 Å². The number of carbonyl (C=O) groups excluding carboxylic acids is 2. The zero-order chi connectivity index (χ0) is 24.9. The highest BCUT2D eigenvalue weighted by atomic mass is 79.9. The molecule has 0 spiro atoms. The van der Waals surface area contributed by atoms with E-state index in [-0.39, 0.29) is 17.1 Å². The Morgan fingerprint density at radius 2 is 1.94 bits per heavy atom. The summed E-state index contributed by atoms with van der Waals surface area (Å²) >= 11 is 4.90. The summed E-state index contributed by atoms with van der Waals surface area (Å²) in [6.45, 7) is 6.10. The average molecular weight is 552 g/mol. The van der Waals surface area contributed by atoms with Gasteiger partial charge in [0.2, 0.25) is 0 Å². The highest BCUT2D eigenvalue weighted by molar-refractivity contribution is 9.10. The molecule has 0 saturated heterocycles. The quantitative estimate of drug-likeness (QED) is 0.397. The number of Topliss-reactive ketones (excluding diaryl/α,β-unsaturated/α-hetero) is 1. The summed E-state index contributed by atoms with van der Waals surface area (Å²) in [4.78, 5) is 31.7. The number of benzene rings is 2. The molecular formula is C27H26BrN3O3S. The molecule has 2 N–H and O–H groups in total.